The SMILES string of the molecule is CN(CC(=O)NC1CCC(N)CC1)C(=O)c1cccs1. The molecule has 1 aliphatic carbocycles. The quantitative estimate of drug-likeness (QED) is 0.876. The molecule has 1 aromatic rings. The summed E-state index contributed by atoms with van der Waals surface area (Å²) in [5.74, 6) is -0.210. The zero-order chi connectivity index (χ0) is 14.5. The summed E-state index contributed by atoms with van der Waals surface area (Å²) in [4.78, 5) is 26.1. The van der Waals surface area contributed by atoms with Gasteiger partial charge in [0.15, 0.2) is 0 Å². The van der Waals surface area contributed by atoms with Gasteiger partial charge in [-0.3, -0.25) is 9.59 Å². The monoisotopic (exact) mass is 295 g/mol. The number of nitrogens with zero attached hydrogens (tertiary/aromatic N) is 1. The van der Waals surface area contributed by atoms with Crippen LogP contribution in [0.5, 0.6) is 0 Å². The lowest BCUT2D eigenvalue weighted by molar-refractivity contribution is -0.122. The molecule has 0 spiro atoms. The van der Waals surface area contributed by atoms with Gasteiger partial charge in [0.1, 0.15) is 0 Å². The molecule has 0 aliphatic heterocycles. The van der Waals surface area contributed by atoms with Gasteiger partial charge in [-0.2, -0.15) is 0 Å². The molecule has 0 aromatic carbocycles. The number of carbonyl (C=O) groups is 2. The number of hydrogen-bond acceptors (Lipinski definition) is 4. The smallest absolute Gasteiger partial charge is 0.264 e. The van der Waals surface area contributed by atoms with Gasteiger partial charge in [0.05, 0.1) is 11.4 Å². The van der Waals surface area contributed by atoms with E-state index in [1.807, 2.05) is 11.4 Å². The maximum absolute atomic E-state index is 12.0. The molecule has 20 heavy (non-hydrogen) atoms. The number of nitrogens with one attached hydrogen (secondary N) is 1. The van der Waals surface area contributed by atoms with Crippen molar-refractivity contribution in [1.29, 1.82) is 0 Å². The Balaban J connectivity index is 1.78. The minimum Gasteiger partial charge on any atom is -0.352 e. The van der Waals surface area contributed by atoms with E-state index in [-0.39, 0.29) is 30.4 Å². The molecule has 0 atom stereocenters. The number of carbonyl (C=O) groups excluding carboxylic acids is 2. The van der Waals surface area contributed by atoms with Gasteiger partial charge in [-0.25, -0.2) is 0 Å². The molecule has 1 aromatic heterocycles. The summed E-state index contributed by atoms with van der Waals surface area (Å²) >= 11 is 1.39. The van der Waals surface area contributed by atoms with Crippen molar-refractivity contribution in [2.24, 2.45) is 5.73 Å². The van der Waals surface area contributed by atoms with Crippen LogP contribution in [-0.4, -0.2) is 42.4 Å². The Labute approximate surface area is 123 Å². The molecule has 1 aliphatic rings. The third-order valence-corrected chi connectivity index (χ3v) is 4.45. The summed E-state index contributed by atoms with van der Waals surface area (Å²) in [5, 5.41) is 4.84. The van der Waals surface area contributed by atoms with Crippen molar-refractivity contribution >= 4 is 23.2 Å². The summed E-state index contributed by atoms with van der Waals surface area (Å²) in [6.07, 6.45) is 3.76. The van der Waals surface area contributed by atoms with Crippen molar-refractivity contribution in [3.05, 3.63) is 22.4 Å². The Morgan fingerprint density at radius 2 is 2.10 bits per heavy atom. The van der Waals surface area contributed by atoms with Crippen molar-refractivity contribution < 1.29 is 9.59 Å². The van der Waals surface area contributed by atoms with Crippen LogP contribution in [0.15, 0.2) is 17.5 Å². The summed E-state index contributed by atoms with van der Waals surface area (Å²) < 4.78 is 0. The molecule has 0 bridgehead atoms. The summed E-state index contributed by atoms with van der Waals surface area (Å²) in [6, 6.07) is 4.07. The van der Waals surface area contributed by atoms with Crippen LogP contribution in [0.25, 0.3) is 0 Å². The van der Waals surface area contributed by atoms with Gasteiger partial charge in [0.2, 0.25) is 5.91 Å². The zero-order valence-electron chi connectivity index (χ0n) is 11.7. The van der Waals surface area contributed by atoms with Gasteiger partial charge in [0, 0.05) is 19.1 Å². The van der Waals surface area contributed by atoms with Gasteiger partial charge in [0.25, 0.3) is 5.91 Å². The van der Waals surface area contributed by atoms with Gasteiger partial charge >= 0.3 is 0 Å². The van der Waals surface area contributed by atoms with Crippen LogP contribution in [0.2, 0.25) is 0 Å². The number of thiophene rings is 1. The lowest BCUT2D eigenvalue weighted by Gasteiger charge is -2.27. The van der Waals surface area contributed by atoms with E-state index < -0.39 is 0 Å². The maximum atomic E-state index is 12.0. The van der Waals surface area contributed by atoms with Crippen molar-refractivity contribution in [1.82, 2.24) is 10.2 Å². The molecule has 1 saturated carbocycles. The summed E-state index contributed by atoms with van der Waals surface area (Å²) in [6.45, 7) is 0.0965. The van der Waals surface area contributed by atoms with E-state index in [0.717, 1.165) is 25.7 Å². The van der Waals surface area contributed by atoms with Crippen LogP contribution in [0.4, 0.5) is 0 Å². The first-order valence-electron chi connectivity index (χ1n) is 6.90. The molecule has 5 nitrogen and oxygen atoms in total. The predicted molar refractivity (Wildman–Crippen MR) is 79.7 cm³/mol. The van der Waals surface area contributed by atoms with E-state index in [1.54, 1.807) is 13.1 Å². The first kappa shape index (κ1) is 15.0. The molecule has 110 valence electrons. The standard InChI is InChI=1S/C14H21N3O2S/c1-17(14(19)12-3-2-8-20-12)9-13(18)16-11-6-4-10(15)5-7-11/h2-3,8,10-11H,4-7,9,15H2,1H3,(H,16,18). The molecule has 0 radical (unpaired) electrons. The molecule has 3 N–H and O–H groups in total. The van der Waals surface area contributed by atoms with Gasteiger partial charge in [-0.1, -0.05) is 6.07 Å². The molecule has 2 rings (SSSR count). The Hall–Kier alpha value is -1.40. The van der Waals surface area contributed by atoms with Gasteiger partial charge in [-0.15, -0.1) is 11.3 Å². The largest absolute Gasteiger partial charge is 0.352 e. The molecule has 0 unspecified atom stereocenters. The van der Waals surface area contributed by atoms with E-state index in [9.17, 15) is 9.59 Å². The number of nitrogens with two attached hydrogens (primary N) is 1. The molecule has 1 fully saturated rings. The predicted octanol–water partition coefficient (Wildman–Crippen LogP) is 1.21. The van der Waals surface area contributed by atoms with Gasteiger partial charge in [-0.05, 0) is 37.1 Å². The van der Waals surface area contributed by atoms with Crippen molar-refractivity contribution in [2.75, 3.05) is 13.6 Å². The Kier molecular flexibility index (Phi) is 5.14. The van der Waals surface area contributed by atoms with Crippen molar-refractivity contribution in [2.45, 2.75) is 37.8 Å². The molecule has 2 amide bonds. The Morgan fingerprint density at radius 1 is 1.40 bits per heavy atom. The Bertz CT molecular complexity index is 453. The zero-order valence-corrected chi connectivity index (χ0v) is 12.5. The molecule has 6 heteroatoms. The summed E-state index contributed by atoms with van der Waals surface area (Å²) in [5.41, 5.74) is 5.84. The summed E-state index contributed by atoms with van der Waals surface area (Å²) in [7, 11) is 1.65. The maximum Gasteiger partial charge on any atom is 0.264 e. The average molecular weight is 295 g/mol. The lowest BCUT2D eigenvalue weighted by atomic mass is 9.92. The highest BCUT2D eigenvalue weighted by Crippen LogP contribution is 2.17. The van der Waals surface area contributed by atoms with Crippen LogP contribution in [0.1, 0.15) is 35.4 Å². The third kappa shape index (κ3) is 4.05. The lowest BCUT2D eigenvalue weighted by Crippen LogP contribution is -2.45. The van der Waals surface area contributed by atoms with Crippen LogP contribution in [0.3, 0.4) is 0 Å². The van der Waals surface area contributed by atoms with Crippen LogP contribution >= 0.6 is 11.3 Å². The van der Waals surface area contributed by atoms with Gasteiger partial charge < -0.3 is 16.0 Å². The highest BCUT2D eigenvalue weighted by Gasteiger charge is 2.21. The van der Waals surface area contributed by atoms with Crippen LogP contribution in [-0.2, 0) is 4.79 Å². The molecule has 1 heterocycles. The fraction of sp³-hybridized carbons (Fsp3) is 0.571. The number of rotatable bonds is 4. The second kappa shape index (κ2) is 6.85. The van der Waals surface area contributed by atoms with E-state index in [0.29, 0.717) is 4.88 Å². The topological polar surface area (TPSA) is 75.4 Å². The van der Waals surface area contributed by atoms with E-state index >= 15 is 0 Å². The second-order valence-electron chi connectivity index (χ2n) is 5.32. The first-order valence-corrected chi connectivity index (χ1v) is 7.78. The third-order valence-electron chi connectivity index (χ3n) is 3.60. The fourth-order valence-corrected chi connectivity index (χ4v) is 3.13. The minimum absolute atomic E-state index is 0.0965. The fourth-order valence-electron chi connectivity index (χ4n) is 2.41. The van der Waals surface area contributed by atoms with Crippen molar-refractivity contribution in [3.63, 3.8) is 0 Å². The van der Waals surface area contributed by atoms with E-state index in [1.165, 1.54) is 16.2 Å². The van der Waals surface area contributed by atoms with Crippen molar-refractivity contribution in [3.8, 4) is 0 Å². The highest BCUT2D eigenvalue weighted by molar-refractivity contribution is 7.12. The normalized spacial score (nSPS) is 22.3. The van der Waals surface area contributed by atoms with E-state index in [2.05, 4.69) is 5.32 Å². The number of hydrogen-bond donors (Lipinski definition) is 2. The number of amides is 2. The molecular weight excluding hydrogens is 274 g/mol. The average Bonchev–Trinajstić information content (AvgIpc) is 2.94. The second-order valence-corrected chi connectivity index (χ2v) is 6.27. The number of likely N-dealkylation sites (N-methyl/N-ethyl adjacent to an activating group) is 1. The van der Waals surface area contributed by atoms with Crippen LogP contribution in [0, 0.1) is 0 Å². The highest BCUT2D eigenvalue weighted by atomic mass is 32.1. The minimum atomic E-state index is -0.110. The molecule has 0 saturated heterocycles. The Morgan fingerprint density at radius 3 is 2.70 bits per heavy atom. The first-order chi connectivity index (χ1) is 9.56. The van der Waals surface area contributed by atoms with E-state index in [4.69, 9.17) is 5.73 Å². The molecular formula is C14H21N3O2S. The van der Waals surface area contributed by atoms with Crippen LogP contribution < -0.4 is 11.1 Å².